The topological polar surface area (TPSA) is 152 Å². The number of carbonyl (C=O) groups is 1. The molecule has 0 amide bonds. The Labute approximate surface area is 211 Å². The molecule has 0 bridgehead atoms. The zero-order valence-electron chi connectivity index (χ0n) is 19.6. The molecule has 4 N–H and O–H groups in total. The van der Waals surface area contributed by atoms with Gasteiger partial charge in [0, 0.05) is 43.4 Å². The average Bonchev–Trinajstić information content (AvgIpc) is 3.27. The number of carboxylic acids is 1. The van der Waals surface area contributed by atoms with Gasteiger partial charge >= 0.3 is 17.8 Å². The van der Waals surface area contributed by atoms with Crippen LogP contribution >= 0.6 is 0 Å². The predicted molar refractivity (Wildman–Crippen MR) is 124 cm³/mol. The second-order valence-corrected chi connectivity index (χ2v) is 7.71. The van der Waals surface area contributed by atoms with Crippen molar-refractivity contribution < 1.29 is 36.6 Å². The first-order valence-corrected chi connectivity index (χ1v) is 11.0. The van der Waals surface area contributed by atoms with Gasteiger partial charge in [-0.05, 0) is 24.3 Å². The van der Waals surface area contributed by atoms with Crippen molar-refractivity contribution in [2.24, 2.45) is 5.73 Å². The summed E-state index contributed by atoms with van der Waals surface area (Å²) in [6, 6.07) is 8.93. The zero-order chi connectivity index (χ0) is 27.9. The molecule has 0 spiro atoms. The van der Waals surface area contributed by atoms with Crippen LogP contribution in [0.15, 0.2) is 53.0 Å². The largest absolute Gasteiger partial charge is 0.490 e. The van der Waals surface area contributed by atoms with Gasteiger partial charge in [0.15, 0.2) is 0 Å². The molecular formula is C22H22F5N7O4. The Morgan fingerprint density at radius 1 is 1.13 bits per heavy atom. The Kier molecular flexibility index (Phi) is 9.25. The van der Waals surface area contributed by atoms with Crippen molar-refractivity contribution >= 4 is 11.8 Å². The van der Waals surface area contributed by atoms with Crippen LogP contribution in [0.25, 0.3) is 17.1 Å². The first-order valence-electron chi connectivity index (χ1n) is 11.0. The van der Waals surface area contributed by atoms with E-state index in [1.807, 2.05) is 12.1 Å². The smallest absolute Gasteiger partial charge is 0.475 e. The minimum atomic E-state index is -5.08. The standard InChI is InChI=1S/C20H21F2N7O2.C2HF3O2/c21-19(22)14(11-23)10-18-26-27-20(30)29(18)17-3-1-2-15(25-17)13-4-5-16(24-12-13)28-6-8-31-9-7-28;3-2(4,5)1(6)7/h1-5,12H,6-11,23H2,(H,27,30);(H,6,7). The molecule has 4 heterocycles. The minimum absolute atomic E-state index is 0.101. The second-order valence-electron chi connectivity index (χ2n) is 7.71. The lowest BCUT2D eigenvalue weighted by atomic mass is 10.2. The van der Waals surface area contributed by atoms with Crippen molar-refractivity contribution in [1.82, 2.24) is 24.7 Å². The fourth-order valence-electron chi connectivity index (χ4n) is 3.32. The van der Waals surface area contributed by atoms with Gasteiger partial charge in [-0.3, -0.25) is 0 Å². The van der Waals surface area contributed by atoms with Gasteiger partial charge in [0.1, 0.15) is 17.5 Å². The summed E-state index contributed by atoms with van der Waals surface area (Å²) in [5, 5.41) is 13.3. The van der Waals surface area contributed by atoms with Crippen LogP contribution in [-0.4, -0.2) is 74.8 Å². The molecule has 11 nitrogen and oxygen atoms in total. The number of hydrogen-bond donors (Lipinski definition) is 3. The van der Waals surface area contributed by atoms with Crippen molar-refractivity contribution in [2.75, 3.05) is 37.7 Å². The van der Waals surface area contributed by atoms with Crippen LogP contribution < -0.4 is 16.3 Å². The summed E-state index contributed by atoms with van der Waals surface area (Å²) in [5.74, 6) is -1.54. The number of aromatic amines is 1. The summed E-state index contributed by atoms with van der Waals surface area (Å²) < 4.78 is 64.3. The van der Waals surface area contributed by atoms with Crippen molar-refractivity contribution in [2.45, 2.75) is 12.6 Å². The molecule has 1 aliphatic rings. The van der Waals surface area contributed by atoms with Crippen LogP contribution in [0.1, 0.15) is 5.82 Å². The number of alkyl halides is 3. The number of ether oxygens (including phenoxy) is 1. The highest BCUT2D eigenvalue weighted by Crippen LogP contribution is 2.21. The number of morpholine rings is 1. The third kappa shape index (κ3) is 7.19. The van der Waals surface area contributed by atoms with Crippen LogP contribution in [0.5, 0.6) is 0 Å². The molecule has 1 aliphatic heterocycles. The van der Waals surface area contributed by atoms with E-state index in [-0.39, 0.29) is 30.2 Å². The van der Waals surface area contributed by atoms with Crippen molar-refractivity contribution in [3.63, 3.8) is 0 Å². The van der Waals surface area contributed by atoms with Crippen molar-refractivity contribution in [3.8, 4) is 17.1 Å². The Balaban J connectivity index is 0.000000505. The molecule has 4 rings (SSSR count). The van der Waals surface area contributed by atoms with E-state index in [0.29, 0.717) is 18.9 Å². The molecule has 38 heavy (non-hydrogen) atoms. The van der Waals surface area contributed by atoms with Gasteiger partial charge in [-0.2, -0.15) is 27.1 Å². The van der Waals surface area contributed by atoms with E-state index in [1.54, 1.807) is 24.4 Å². The van der Waals surface area contributed by atoms with Gasteiger partial charge in [-0.25, -0.2) is 29.2 Å². The van der Waals surface area contributed by atoms with Crippen LogP contribution in [-0.2, 0) is 16.0 Å². The molecule has 16 heteroatoms. The first-order chi connectivity index (χ1) is 18.0. The SMILES string of the molecule is NCC(Cc1n[nH]c(=O)n1-c1cccc(-c2ccc(N3CCOCC3)nc2)n1)=C(F)F.O=C(O)C(F)(F)F. The molecule has 204 valence electrons. The number of hydrogen-bond acceptors (Lipinski definition) is 8. The summed E-state index contributed by atoms with van der Waals surface area (Å²) in [6.45, 7) is 2.57. The number of nitrogens with zero attached hydrogens (tertiary/aromatic N) is 5. The minimum Gasteiger partial charge on any atom is -0.475 e. The highest BCUT2D eigenvalue weighted by Gasteiger charge is 2.38. The summed E-state index contributed by atoms with van der Waals surface area (Å²) in [7, 11) is 0. The number of H-pyrrole nitrogens is 1. The Morgan fingerprint density at radius 2 is 1.82 bits per heavy atom. The highest BCUT2D eigenvalue weighted by molar-refractivity contribution is 5.73. The summed E-state index contributed by atoms with van der Waals surface area (Å²) in [6.07, 6.45) is -5.51. The van der Waals surface area contributed by atoms with Crippen LogP contribution in [0.4, 0.5) is 27.8 Å². The lowest BCUT2D eigenvalue weighted by molar-refractivity contribution is -0.192. The molecule has 0 aliphatic carbocycles. The summed E-state index contributed by atoms with van der Waals surface area (Å²) in [4.78, 5) is 32.4. The summed E-state index contributed by atoms with van der Waals surface area (Å²) in [5.41, 5.74) is 5.87. The molecule has 0 aromatic carbocycles. The van der Waals surface area contributed by atoms with Crippen molar-refractivity contribution in [3.05, 3.63) is 64.5 Å². The van der Waals surface area contributed by atoms with Gasteiger partial charge in [0.05, 0.1) is 18.9 Å². The van der Waals surface area contributed by atoms with E-state index >= 15 is 0 Å². The maximum Gasteiger partial charge on any atom is 0.490 e. The van der Waals surface area contributed by atoms with Gasteiger partial charge in [-0.15, -0.1) is 0 Å². The van der Waals surface area contributed by atoms with Gasteiger partial charge < -0.3 is 20.5 Å². The highest BCUT2D eigenvalue weighted by atomic mass is 19.4. The zero-order valence-corrected chi connectivity index (χ0v) is 19.6. The number of nitrogens with one attached hydrogen (secondary N) is 1. The molecule has 1 saturated heterocycles. The number of aliphatic carboxylic acids is 1. The van der Waals surface area contributed by atoms with Gasteiger partial charge in [-0.1, -0.05) is 6.07 Å². The Hall–Kier alpha value is -4.18. The van der Waals surface area contributed by atoms with Crippen LogP contribution in [0.3, 0.4) is 0 Å². The Bertz CT molecular complexity index is 1330. The lowest BCUT2D eigenvalue weighted by Gasteiger charge is -2.27. The molecule has 0 unspecified atom stereocenters. The molecule has 0 saturated carbocycles. The molecule has 0 radical (unpaired) electrons. The van der Waals surface area contributed by atoms with E-state index < -0.39 is 23.9 Å². The second kappa shape index (κ2) is 12.4. The summed E-state index contributed by atoms with van der Waals surface area (Å²) >= 11 is 0. The number of carboxylic acid groups (broad SMARTS) is 1. The molecule has 3 aromatic rings. The number of rotatable bonds is 6. The van der Waals surface area contributed by atoms with E-state index in [1.165, 1.54) is 0 Å². The van der Waals surface area contributed by atoms with Gasteiger partial charge in [0.25, 0.3) is 6.08 Å². The fourth-order valence-corrected chi connectivity index (χ4v) is 3.32. The quantitative estimate of drug-likeness (QED) is 0.397. The molecule has 1 fully saturated rings. The fraction of sp³-hybridized carbons (Fsp3) is 0.318. The van der Waals surface area contributed by atoms with Gasteiger partial charge in [0.2, 0.25) is 0 Å². The van der Waals surface area contributed by atoms with E-state index in [9.17, 15) is 26.7 Å². The monoisotopic (exact) mass is 543 g/mol. The number of anilines is 1. The third-order valence-electron chi connectivity index (χ3n) is 5.21. The first kappa shape index (κ1) is 28.4. The van der Waals surface area contributed by atoms with E-state index in [4.69, 9.17) is 20.4 Å². The number of pyridine rings is 2. The van der Waals surface area contributed by atoms with Crippen LogP contribution in [0.2, 0.25) is 0 Å². The number of aromatic nitrogens is 5. The maximum atomic E-state index is 13.0. The number of nitrogens with two attached hydrogens (primary N) is 1. The Morgan fingerprint density at radius 3 is 2.37 bits per heavy atom. The predicted octanol–water partition coefficient (Wildman–Crippen LogP) is 2.14. The normalized spacial score (nSPS) is 13.5. The van der Waals surface area contributed by atoms with E-state index in [0.717, 1.165) is 29.0 Å². The van der Waals surface area contributed by atoms with Crippen LogP contribution in [0, 0.1) is 0 Å². The third-order valence-corrected chi connectivity index (χ3v) is 5.21. The molecule has 3 aromatic heterocycles. The average molecular weight is 543 g/mol. The van der Waals surface area contributed by atoms with Crippen molar-refractivity contribution in [1.29, 1.82) is 0 Å². The molecular weight excluding hydrogens is 521 g/mol. The van der Waals surface area contributed by atoms with E-state index in [2.05, 4.69) is 25.1 Å². The molecule has 0 atom stereocenters. The lowest BCUT2D eigenvalue weighted by Crippen LogP contribution is -2.36. The maximum absolute atomic E-state index is 13.0. The number of halogens is 5.